The molecule has 0 amide bonds. The lowest BCUT2D eigenvalue weighted by Gasteiger charge is -2.26. The molecule has 0 heterocycles. The Balaban J connectivity index is 1.06. The van der Waals surface area contributed by atoms with Gasteiger partial charge >= 0.3 is 0 Å². The Bertz CT molecular complexity index is 2990. The van der Waals surface area contributed by atoms with Gasteiger partial charge in [0.05, 0.1) is 0 Å². The maximum absolute atomic E-state index is 2.53. The molecule has 2 aliphatic carbocycles. The van der Waals surface area contributed by atoms with Crippen LogP contribution in [0.4, 0.5) is 0 Å². The quantitative estimate of drug-likeness (QED) is 0.162. The van der Waals surface area contributed by atoms with Gasteiger partial charge in [-0.3, -0.25) is 0 Å². The van der Waals surface area contributed by atoms with Crippen molar-refractivity contribution < 1.29 is 0 Å². The molecule has 0 heteroatoms. The SMILES string of the molecule is CC1(C)c2ccccc2-c2cc3c(cc21)C(C)(C)c1cc(-c2cccc(-c4c5ccccc5c(-c5ccc6ccccc6c5)c5ccccc45)c2)ccc1-3. The van der Waals surface area contributed by atoms with E-state index in [4.69, 9.17) is 0 Å². The van der Waals surface area contributed by atoms with Gasteiger partial charge in [0.1, 0.15) is 0 Å². The van der Waals surface area contributed by atoms with Crippen LogP contribution in [0.1, 0.15) is 49.9 Å². The van der Waals surface area contributed by atoms with E-state index in [-0.39, 0.29) is 10.8 Å². The van der Waals surface area contributed by atoms with E-state index < -0.39 is 0 Å². The van der Waals surface area contributed by atoms with E-state index in [2.05, 4.69) is 198 Å². The van der Waals surface area contributed by atoms with Crippen molar-refractivity contribution in [1.82, 2.24) is 0 Å². The summed E-state index contributed by atoms with van der Waals surface area (Å²) in [4.78, 5) is 0. The van der Waals surface area contributed by atoms with Crippen molar-refractivity contribution in [3.63, 3.8) is 0 Å². The third kappa shape index (κ3) is 4.32. The summed E-state index contributed by atoms with van der Waals surface area (Å²) in [5.41, 5.74) is 18.7. The van der Waals surface area contributed by atoms with Gasteiger partial charge in [-0.15, -0.1) is 0 Å². The Morgan fingerprint density at radius 2 is 0.759 bits per heavy atom. The number of hydrogen-bond donors (Lipinski definition) is 0. The summed E-state index contributed by atoms with van der Waals surface area (Å²) in [6, 6.07) is 63.9. The van der Waals surface area contributed by atoms with Crippen molar-refractivity contribution in [2.24, 2.45) is 0 Å². The summed E-state index contributed by atoms with van der Waals surface area (Å²) in [5, 5.41) is 7.64. The van der Waals surface area contributed by atoms with Gasteiger partial charge in [0.25, 0.3) is 0 Å². The van der Waals surface area contributed by atoms with Crippen LogP contribution in [0, 0.1) is 0 Å². The largest absolute Gasteiger partial charge is 0.0619 e. The van der Waals surface area contributed by atoms with Gasteiger partial charge < -0.3 is 0 Å². The highest BCUT2D eigenvalue weighted by molar-refractivity contribution is 6.21. The first-order chi connectivity index (χ1) is 26.3. The van der Waals surface area contributed by atoms with Gasteiger partial charge in [-0.05, 0) is 134 Å². The Labute approximate surface area is 317 Å². The summed E-state index contributed by atoms with van der Waals surface area (Å²) >= 11 is 0. The highest BCUT2D eigenvalue weighted by Gasteiger charge is 2.41. The van der Waals surface area contributed by atoms with Crippen LogP contribution in [0.25, 0.3) is 88.0 Å². The van der Waals surface area contributed by atoms with E-state index in [0.717, 1.165) is 0 Å². The summed E-state index contributed by atoms with van der Waals surface area (Å²) in [7, 11) is 0. The molecule has 0 bridgehead atoms. The van der Waals surface area contributed by atoms with E-state index >= 15 is 0 Å². The molecule has 256 valence electrons. The fourth-order valence-corrected chi connectivity index (χ4v) is 10.1. The molecule has 0 atom stereocenters. The second-order valence-corrected chi connectivity index (χ2v) is 16.5. The lowest BCUT2D eigenvalue weighted by molar-refractivity contribution is 0.639. The normalized spacial score (nSPS) is 14.6. The standard InChI is InChI=1S/C54H40/c1-53(2)47-23-12-11-18-39(47)45-31-46-40-27-26-36(30-48(40)54(3,4)50(46)32-49(45)53)35-16-13-17-37(29-35)51-41-19-7-9-21-43(41)52(44-22-10-8-20-42(44)51)38-25-24-33-14-5-6-15-34(33)28-38/h5-32H,1-4H3. The maximum atomic E-state index is 2.53. The first kappa shape index (κ1) is 31.3. The molecule has 0 fully saturated rings. The average Bonchev–Trinajstić information content (AvgIpc) is 3.57. The Morgan fingerprint density at radius 3 is 1.44 bits per heavy atom. The fourth-order valence-electron chi connectivity index (χ4n) is 10.1. The average molecular weight is 689 g/mol. The third-order valence-corrected chi connectivity index (χ3v) is 12.8. The molecule has 54 heavy (non-hydrogen) atoms. The predicted molar refractivity (Wildman–Crippen MR) is 230 cm³/mol. The van der Waals surface area contributed by atoms with Crippen LogP contribution < -0.4 is 0 Å². The molecule has 9 aromatic carbocycles. The van der Waals surface area contributed by atoms with E-state index in [9.17, 15) is 0 Å². The molecule has 0 N–H and O–H groups in total. The van der Waals surface area contributed by atoms with Crippen molar-refractivity contribution in [1.29, 1.82) is 0 Å². The van der Waals surface area contributed by atoms with Crippen LogP contribution in [-0.2, 0) is 10.8 Å². The zero-order valence-corrected chi connectivity index (χ0v) is 31.2. The molecule has 0 spiro atoms. The lowest BCUT2D eigenvalue weighted by Crippen LogP contribution is -2.18. The molecule has 0 unspecified atom stereocenters. The van der Waals surface area contributed by atoms with Gasteiger partial charge in [0.2, 0.25) is 0 Å². The minimum Gasteiger partial charge on any atom is -0.0619 e. The fraction of sp³-hybridized carbons (Fsp3) is 0.111. The molecule has 0 saturated carbocycles. The highest BCUT2D eigenvalue weighted by atomic mass is 14.4. The predicted octanol–water partition coefficient (Wildman–Crippen LogP) is 14.8. The molecule has 0 aliphatic heterocycles. The van der Waals surface area contributed by atoms with Crippen LogP contribution >= 0.6 is 0 Å². The summed E-state index contributed by atoms with van der Waals surface area (Å²) in [6.45, 7) is 9.59. The van der Waals surface area contributed by atoms with Crippen LogP contribution in [0.3, 0.4) is 0 Å². The smallest absolute Gasteiger partial charge is 0.0159 e. The number of fused-ring (bicyclic) bond motifs is 9. The zero-order chi connectivity index (χ0) is 36.3. The minimum atomic E-state index is -0.108. The van der Waals surface area contributed by atoms with Crippen LogP contribution in [0.2, 0.25) is 0 Å². The molecule has 9 aromatic rings. The van der Waals surface area contributed by atoms with Crippen molar-refractivity contribution in [3.05, 3.63) is 192 Å². The summed E-state index contributed by atoms with van der Waals surface area (Å²) < 4.78 is 0. The van der Waals surface area contributed by atoms with Gasteiger partial charge in [-0.25, -0.2) is 0 Å². The molecule has 0 aromatic heterocycles. The van der Waals surface area contributed by atoms with Gasteiger partial charge in [-0.1, -0.05) is 173 Å². The first-order valence-corrected chi connectivity index (χ1v) is 19.3. The van der Waals surface area contributed by atoms with Crippen molar-refractivity contribution in [3.8, 4) is 55.6 Å². The topological polar surface area (TPSA) is 0 Å². The maximum Gasteiger partial charge on any atom is 0.0159 e. The zero-order valence-electron chi connectivity index (χ0n) is 31.2. The Kier molecular flexibility index (Phi) is 6.46. The van der Waals surface area contributed by atoms with Gasteiger partial charge in [0.15, 0.2) is 0 Å². The number of hydrogen-bond acceptors (Lipinski definition) is 0. The van der Waals surface area contributed by atoms with Crippen LogP contribution in [-0.4, -0.2) is 0 Å². The highest BCUT2D eigenvalue weighted by Crippen LogP contribution is 2.56. The summed E-state index contributed by atoms with van der Waals surface area (Å²) in [5.74, 6) is 0. The monoisotopic (exact) mass is 688 g/mol. The summed E-state index contributed by atoms with van der Waals surface area (Å²) in [6.07, 6.45) is 0. The third-order valence-electron chi connectivity index (χ3n) is 12.8. The van der Waals surface area contributed by atoms with Crippen LogP contribution in [0.5, 0.6) is 0 Å². The van der Waals surface area contributed by atoms with E-state index in [1.807, 2.05) is 0 Å². The van der Waals surface area contributed by atoms with E-state index in [0.29, 0.717) is 0 Å². The van der Waals surface area contributed by atoms with Gasteiger partial charge in [-0.2, -0.15) is 0 Å². The number of benzene rings is 9. The first-order valence-electron chi connectivity index (χ1n) is 19.3. The molecule has 2 aliphatic rings. The molecular weight excluding hydrogens is 649 g/mol. The Hall–Kier alpha value is -6.24. The second-order valence-electron chi connectivity index (χ2n) is 16.5. The minimum absolute atomic E-state index is 0.0145. The van der Waals surface area contributed by atoms with E-state index in [1.165, 1.54) is 110 Å². The molecule has 0 radical (unpaired) electrons. The molecule has 0 nitrogen and oxygen atoms in total. The molecular formula is C54H40. The van der Waals surface area contributed by atoms with Gasteiger partial charge in [0, 0.05) is 10.8 Å². The van der Waals surface area contributed by atoms with Crippen molar-refractivity contribution in [2.75, 3.05) is 0 Å². The second kappa shape index (κ2) is 11.1. The molecule has 0 saturated heterocycles. The lowest BCUT2D eigenvalue weighted by atomic mass is 9.77. The van der Waals surface area contributed by atoms with Crippen molar-refractivity contribution >= 4 is 32.3 Å². The van der Waals surface area contributed by atoms with Crippen LogP contribution in [0.15, 0.2) is 170 Å². The Morgan fingerprint density at radius 1 is 0.278 bits per heavy atom. The van der Waals surface area contributed by atoms with Crippen molar-refractivity contribution in [2.45, 2.75) is 38.5 Å². The number of rotatable bonds is 3. The molecule has 11 rings (SSSR count). The van der Waals surface area contributed by atoms with E-state index in [1.54, 1.807) is 0 Å².